The molecule has 190 valence electrons. The standard InChI is InChI=1S/C36H38Si2/c1-35(2,3)37(31-21-11-7-12-22-31,32-23-13-8-14-24-32)29-19-20-30-38(36(4,5)6,33-25-15-9-16-26-33)34-27-17-10-18-28-34/h7-18,21-28H,1-6H3. The van der Waals surface area contributed by atoms with Crippen molar-refractivity contribution < 1.29 is 0 Å². The topological polar surface area (TPSA) is 0 Å². The highest BCUT2D eigenvalue weighted by Crippen LogP contribution is 2.36. The monoisotopic (exact) mass is 526 g/mol. The van der Waals surface area contributed by atoms with E-state index in [0.717, 1.165) is 0 Å². The number of benzene rings is 4. The molecule has 0 aliphatic carbocycles. The third kappa shape index (κ3) is 5.08. The van der Waals surface area contributed by atoms with E-state index in [0.29, 0.717) is 0 Å². The van der Waals surface area contributed by atoms with Crippen LogP contribution >= 0.6 is 0 Å². The van der Waals surface area contributed by atoms with Gasteiger partial charge in [0, 0.05) is 0 Å². The number of rotatable bonds is 4. The van der Waals surface area contributed by atoms with Crippen molar-refractivity contribution in [1.29, 1.82) is 0 Å². The summed E-state index contributed by atoms with van der Waals surface area (Å²) in [6, 6.07) is 43.6. The van der Waals surface area contributed by atoms with Gasteiger partial charge in [0.1, 0.15) is 0 Å². The largest absolute Gasteiger partial charge is 0.205 e. The third-order valence-corrected chi connectivity index (χ3v) is 17.9. The van der Waals surface area contributed by atoms with Crippen LogP contribution in [0.5, 0.6) is 0 Å². The summed E-state index contributed by atoms with van der Waals surface area (Å²) in [5, 5.41) is 5.28. The Balaban J connectivity index is 1.98. The molecule has 0 atom stereocenters. The molecule has 0 aliphatic heterocycles. The Morgan fingerprint density at radius 3 is 0.763 bits per heavy atom. The Bertz CT molecular complexity index is 1260. The Hall–Kier alpha value is -3.57. The molecule has 0 saturated carbocycles. The predicted molar refractivity (Wildman–Crippen MR) is 171 cm³/mol. The average Bonchev–Trinajstić information content (AvgIpc) is 2.91. The van der Waals surface area contributed by atoms with Crippen LogP contribution in [0.2, 0.25) is 10.1 Å². The minimum Gasteiger partial charge on any atom is -0.105 e. The van der Waals surface area contributed by atoms with Crippen LogP contribution in [-0.4, -0.2) is 16.1 Å². The Kier molecular flexibility index (Phi) is 7.98. The Labute approximate surface area is 232 Å². The molecule has 4 rings (SSSR count). The van der Waals surface area contributed by atoms with E-state index in [2.05, 4.69) is 186 Å². The minimum absolute atomic E-state index is 0.0260. The van der Waals surface area contributed by atoms with Crippen LogP contribution in [0, 0.1) is 22.9 Å². The second-order valence-electron chi connectivity index (χ2n) is 12.0. The van der Waals surface area contributed by atoms with Crippen molar-refractivity contribution in [1.82, 2.24) is 0 Å². The molecular weight excluding hydrogens is 489 g/mol. The fourth-order valence-electron chi connectivity index (χ4n) is 5.73. The van der Waals surface area contributed by atoms with Crippen LogP contribution in [0.15, 0.2) is 121 Å². The SMILES string of the molecule is CC(C)(C)[Si](C#CC#C[Si](c1ccccc1)(c1ccccc1)C(C)(C)C)(c1ccccc1)c1ccccc1. The summed E-state index contributed by atoms with van der Waals surface area (Å²) in [7, 11) is -5.00. The number of hydrogen-bond acceptors (Lipinski definition) is 0. The second-order valence-corrected chi connectivity index (χ2v) is 20.8. The van der Waals surface area contributed by atoms with E-state index in [1.54, 1.807) is 0 Å². The van der Waals surface area contributed by atoms with Crippen LogP contribution < -0.4 is 20.7 Å². The van der Waals surface area contributed by atoms with Gasteiger partial charge in [0.15, 0.2) is 0 Å². The molecule has 0 aliphatic rings. The Morgan fingerprint density at radius 2 is 0.579 bits per heavy atom. The quantitative estimate of drug-likeness (QED) is 0.219. The summed E-state index contributed by atoms with van der Waals surface area (Å²) in [6.45, 7) is 14.0. The summed E-state index contributed by atoms with van der Waals surface area (Å²) in [5.74, 6) is 6.96. The summed E-state index contributed by atoms with van der Waals surface area (Å²) >= 11 is 0. The fraction of sp³-hybridized carbons (Fsp3) is 0.222. The van der Waals surface area contributed by atoms with E-state index in [4.69, 9.17) is 0 Å². The molecule has 4 aromatic rings. The average molecular weight is 527 g/mol. The third-order valence-electron chi connectivity index (χ3n) is 7.64. The molecule has 0 aromatic heterocycles. The lowest BCUT2D eigenvalue weighted by Gasteiger charge is -2.40. The molecule has 0 bridgehead atoms. The first kappa shape index (κ1) is 27.5. The van der Waals surface area contributed by atoms with Crippen LogP contribution in [0.4, 0.5) is 0 Å². The van der Waals surface area contributed by atoms with Crippen LogP contribution in [0.3, 0.4) is 0 Å². The van der Waals surface area contributed by atoms with E-state index in [9.17, 15) is 0 Å². The van der Waals surface area contributed by atoms with Crippen molar-refractivity contribution >= 4 is 36.9 Å². The van der Waals surface area contributed by atoms with Gasteiger partial charge in [-0.25, -0.2) is 0 Å². The molecule has 0 N–H and O–H groups in total. The minimum atomic E-state index is -2.50. The molecular formula is C36H38Si2. The number of hydrogen-bond donors (Lipinski definition) is 0. The lowest BCUT2D eigenvalue weighted by Crippen LogP contribution is -2.64. The van der Waals surface area contributed by atoms with Crippen molar-refractivity contribution in [2.24, 2.45) is 0 Å². The molecule has 0 heterocycles. The zero-order valence-corrected chi connectivity index (χ0v) is 25.5. The lowest BCUT2D eigenvalue weighted by atomic mass is 10.2. The van der Waals surface area contributed by atoms with Crippen molar-refractivity contribution in [2.45, 2.75) is 51.6 Å². The Morgan fingerprint density at radius 1 is 0.368 bits per heavy atom. The van der Waals surface area contributed by atoms with Crippen molar-refractivity contribution in [3.8, 4) is 22.9 Å². The highest BCUT2D eigenvalue weighted by molar-refractivity contribution is 7.10. The van der Waals surface area contributed by atoms with E-state index in [1.807, 2.05) is 0 Å². The molecule has 0 radical (unpaired) electrons. The van der Waals surface area contributed by atoms with Gasteiger partial charge in [-0.05, 0) is 42.7 Å². The van der Waals surface area contributed by atoms with E-state index >= 15 is 0 Å². The van der Waals surface area contributed by atoms with Gasteiger partial charge in [-0.1, -0.05) is 163 Å². The second kappa shape index (κ2) is 11.0. The summed E-state index contributed by atoms with van der Waals surface area (Å²) in [6.07, 6.45) is 0. The van der Waals surface area contributed by atoms with Gasteiger partial charge < -0.3 is 0 Å². The molecule has 0 unspecified atom stereocenters. The maximum atomic E-state index is 3.87. The fourth-order valence-corrected chi connectivity index (χ4v) is 14.5. The predicted octanol–water partition coefficient (Wildman–Crippen LogP) is 6.20. The van der Waals surface area contributed by atoms with Gasteiger partial charge in [-0.15, -0.1) is 11.1 Å². The van der Waals surface area contributed by atoms with E-state index in [1.165, 1.54) is 20.7 Å². The van der Waals surface area contributed by atoms with Crippen LogP contribution in [0.25, 0.3) is 0 Å². The van der Waals surface area contributed by atoms with E-state index in [-0.39, 0.29) is 10.1 Å². The molecule has 0 spiro atoms. The van der Waals surface area contributed by atoms with Gasteiger partial charge in [-0.2, -0.15) is 0 Å². The first-order valence-corrected chi connectivity index (χ1v) is 17.4. The first-order chi connectivity index (χ1) is 18.1. The summed E-state index contributed by atoms with van der Waals surface area (Å²) in [5.41, 5.74) is 7.74. The molecule has 2 heteroatoms. The lowest BCUT2D eigenvalue weighted by molar-refractivity contribution is 0.740. The van der Waals surface area contributed by atoms with Crippen LogP contribution in [-0.2, 0) is 0 Å². The normalized spacial score (nSPS) is 12.1. The molecule has 0 saturated heterocycles. The van der Waals surface area contributed by atoms with Crippen molar-refractivity contribution in [3.05, 3.63) is 121 Å². The molecule has 38 heavy (non-hydrogen) atoms. The zero-order valence-electron chi connectivity index (χ0n) is 23.5. The molecule has 0 amide bonds. The molecule has 0 fully saturated rings. The van der Waals surface area contributed by atoms with Crippen molar-refractivity contribution in [3.63, 3.8) is 0 Å². The maximum Gasteiger partial charge on any atom is 0.205 e. The summed E-state index contributed by atoms with van der Waals surface area (Å²) in [4.78, 5) is 0. The van der Waals surface area contributed by atoms with Gasteiger partial charge in [0.2, 0.25) is 16.1 Å². The smallest absolute Gasteiger partial charge is 0.105 e. The van der Waals surface area contributed by atoms with Gasteiger partial charge in [0.05, 0.1) is 0 Å². The van der Waals surface area contributed by atoms with Gasteiger partial charge >= 0.3 is 0 Å². The highest BCUT2D eigenvalue weighted by Gasteiger charge is 2.48. The zero-order chi connectivity index (χ0) is 27.3. The maximum absolute atomic E-state index is 3.87. The molecule has 4 aromatic carbocycles. The van der Waals surface area contributed by atoms with Crippen LogP contribution in [0.1, 0.15) is 41.5 Å². The first-order valence-electron chi connectivity index (χ1n) is 13.4. The van der Waals surface area contributed by atoms with E-state index < -0.39 is 16.1 Å². The van der Waals surface area contributed by atoms with Crippen molar-refractivity contribution in [2.75, 3.05) is 0 Å². The highest BCUT2D eigenvalue weighted by atomic mass is 28.3. The van der Waals surface area contributed by atoms with Gasteiger partial charge in [0.25, 0.3) is 0 Å². The molecule has 0 nitrogen and oxygen atoms in total. The summed E-state index contributed by atoms with van der Waals surface area (Å²) < 4.78 is 0. The van der Waals surface area contributed by atoms with Gasteiger partial charge in [-0.3, -0.25) is 0 Å².